The second kappa shape index (κ2) is 11.3. The van der Waals surface area contributed by atoms with Crippen LogP contribution in [0.5, 0.6) is 5.75 Å². The highest BCUT2D eigenvalue weighted by Crippen LogP contribution is 2.45. The van der Waals surface area contributed by atoms with Gasteiger partial charge in [0.15, 0.2) is 17.4 Å². The van der Waals surface area contributed by atoms with Gasteiger partial charge in [-0.15, -0.1) is 0 Å². The molecule has 6 rings (SSSR count). The van der Waals surface area contributed by atoms with E-state index in [0.717, 1.165) is 67.8 Å². The van der Waals surface area contributed by atoms with E-state index in [1.165, 1.54) is 11.8 Å². The Hall–Kier alpha value is -2.22. The number of rotatable bonds is 8. The number of hydrogen-bond donors (Lipinski definition) is 2. The third-order valence-electron chi connectivity index (χ3n) is 8.67. The number of ether oxygens (including phenoxy) is 4. The molecule has 3 N–H and O–H groups in total. The summed E-state index contributed by atoms with van der Waals surface area (Å²) in [5, 5.41) is 10.9. The SMILES string of the molecule is COCOC[C@H]1C[C@H]2COc3c(Sc4cnc(N5CCC6(CC5)CO[C@@H](C)[C@H]6N)c(CO)n4)ccnc3N2C1. The summed E-state index contributed by atoms with van der Waals surface area (Å²) in [6.07, 6.45) is 6.59. The van der Waals surface area contributed by atoms with Gasteiger partial charge in [-0.2, -0.15) is 0 Å². The van der Waals surface area contributed by atoms with E-state index in [1.807, 2.05) is 12.3 Å². The topological polar surface area (TPSA) is 128 Å². The van der Waals surface area contributed by atoms with Crippen LogP contribution in [0.1, 0.15) is 31.9 Å². The highest BCUT2D eigenvalue weighted by molar-refractivity contribution is 7.99. The number of fused-ring (bicyclic) bond motifs is 3. The van der Waals surface area contributed by atoms with Crippen molar-refractivity contribution in [3.05, 3.63) is 24.2 Å². The van der Waals surface area contributed by atoms with Gasteiger partial charge in [-0.3, -0.25) is 0 Å². The van der Waals surface area contributed by atoms with Gasteiger partial charge in [-0.1, -0.05) is 11.8 Å². The van der Waals surface area contributed by atoms with Gasteiger partial charge in [0.05, 0.1) is 43.1 Å². The minimum atomic E-state index is -0.176. The van der Waals surface area contributed by atoms with E-state index in [0.29, 0.717) is 42.7 Å². The summed E-state index contributed by atoms with van der Waals surface area (Å²) in [7, 11) is 1.64. The summed E-state index contributed by atoms with van der Waals surface area (Å²) in [6, 6.07) is 2.30. The van der Waals surface area contributed by atoms with Gasteiger partial charge in [0.25, 0.3) is 0 Å². The van der Waals surface area contributed by atoms with E-state index in [4.69, 9.17) is 34.6 Å². The Balaban J connectivity index is 1.15. The van der Waals surface area contributed by atoms with Crippen LogP contribution in [0.3, 0.4) is 0 Å². The molecule has 39 heavy (non-hydrogen) atoms. The van der Waals surface area contributed by atoms with Crippen LogP contribution in [0, 0.1) is 11.3 Å². The fourth-order valence-corrected chi connectivity index (χ4v) is 7.30. The number of aromatic nitrogens is 3. The molecule has 6 heterocycles. The van der Waals surface area contributed by atoms with E-state index >= 15 is 0 Å². The molecule has 212 valence electrons. The molecule has 11 nitrogen and oxygen atoms in total. The first-order valence-corrected chi connectivity index (χ1v) is 14.5. The van der Waals surface area contributed by atoms with Crippen molar-refractivity contribution in [2.75, 3.05) is 63.2 Å². The fourth-order valence-electron chi connectivity index (χ4n) is 6.44. The van der Waals surface area contributed by atoms with E-state index in [1.54, 1.807) is 13.3 Å². The van der Waals surface area contributed by atoms with Crippen LogP contribution in [0.15, 0.2) is 28.4 Å². The number of hydrogen-bond acceptors (Lipinski definition) is 12. The normalized spacial score (nSPS) is 27.5. The number of nitrogens with two attached hydrogens (primary N) is 1. The summed E-state index contributed by atoms with van der Waals surface area (Å²) in [4.78, 5) is 19.7. The maximum Gasteiger partial charge on any atom is 0.175 e. The highest BCUT2D eigenvalue weighted by Gasteiger charge is 2.48. The predicted molar refractivity (Wildman–Crippen MR) is 146 cm³/mol. The van der Waals surface area contributed by atoms with Gasteiger partial charge in [-0.05, 0) is 32.3 Å². The Morgan fingerprint density at radius 2 is 2.10 bits per heavy atom. The number of nitrogens with zero attached hydrogens (tertiary/aromatic N) is 5. The summed E-state index contributed by atoms with van der Waals surface area (Å²) in [5.74, 6) is 2.79. The zero-order valence-corrected chi connectivity index (χ0v) is 23.4. The Morgan fingerprint density at radius 3 is 2.85 bits per heavy atom. The lowest BCUT2D eigenvalue weighted by Gasteiger charge is -2.41. The molecule has 0 unspecified atom stereocenters. The molecule has 0 aliphatic carbocycles. The van der Waals surface area contributed by atoms with Crippen LogP contribution in [-0.2, 0) is 20.8 Å². The molecule has 2 aromatic heterocycles. The lowest BCUT2D eigenvalue weighted by Crippen LogP contribution is -2.51. The van der Waals surface area contributed by atoms with E-state index in [2.05, 4.69) is 21.7 Å². The molecule has 1 spiro atoms. The quantitative estimate of drug-likeness (QED) is 0.363. The number of pyridine rings is 1. The zero-order chi connectivity index (χ0) is 27.0. The smallest absolute Gasteiger partial charge is 0.175 e. The molecular weight excluding hydrogens is 520 g/mol. The number of methoxy groups -OCH3 is 1. The van der Waals surface area contributed by atoms with Gasteiger partial charge in [-0.25, -0.2) is 15.0 Å². The fraction of sp³-hybridized carbons (Fsp3) is 0.667. The van der Waals surface area contributed by atoms with E-state index in [-0.39, 0.29) is 24.2 Å². The van der Waals surface area contributed by atoms with Crippen LogP contribution in [0.25, 0.3) is 0 Å². The molecular formula is C27H38N6O5S. The molecule has 4 atom stereocenters. The average molecular weight is 559 g/mol. The average Bonchev–Trinajstić information content (AvgIpc) is 3.50. The molecule has 3 saturated heterocycles. The van der Waals surface area contributed by atoms with Crippen molar-refractivity contribution in [3.63, 3.8) is 0 Å². The van der Waals surface area contributed by atoms with E-state index < -0.39 is 0 Å². The van der Waals surface area contributed by atoms with Crippen molar-refractivity contribution in [2.45, 2.75) is 60.9 Å². The Labute approximate surface area is 233 Å². The first-order chi connectivity index (χ1) is 19.0. The summed E-state index contributed by atoms with van der Waals surface area (Å²) in [6.45, 7) is 6.70. The first kappa shape index (κ1) is 27.0. The van der Waals surface area contributed by atoms with Crippen LogP contribution in [-0.4, -0.2) is 91.6 Å². The Kier molecular flexibility index (Phi) is 7.84. The molecule has 0 amide bonds. The lowest BCUT2D eigenvalue weighted by molar-refractivity contribution is -0.0414. The molecule has 12 heteroatoms. The van der Waals surface area contributed by atoms with Gasteiger partial charge < -0.3 is 39.6 Å². The largest absolute Gasteiger partial charge is 0.486 e. The van der Waals surface area contributed by atoms with Crippen molar-refractivity contribution >= 4 is 23.4 Å². The molecule has 0 aromatic carbocycles. The monoisotopic (exact) mass is 558 g/mol. The van der Waals surface area contributed by atoms with Crippen LogP contribution in [0.4, 0.5) is 11.6 Å². The molecule has 2 aromatic rings. The zero-order valence-electron chi connectivity index (χ0n) is 22.6. The lowest BCUT2D eigenvalue weighted by atomic mass is 9.73. The third-order valence-corrected chi connectivity index (χ3v) is 9.61. The Bertz CT molecular complexity index is 1170. The third kappa shape index (κ3) is 5.18. The first-order valence-electron chi connectivity index (χ1n) is 13.7. The number of anilines is 2. The maximum absolute atomic E-state index is 10.2. The molecule has 0 bridgehead atoms. The number of piperidine rings is 1. The molecule has 4 aliphatic heterocycles. The van der Waals surface area contributed by atoms with Crippen molar-refractivity contribution in [1.29, 1.82) is 0 Å². The predicted octanol–water partition coefficient (Wildman–Crippen LogP) is 2.06. The van der Waals surface area contributed by atoms with Gasteiger partial charge in [0, 0.05) is 50.3 Å². The van der Waals surface area contributed by atoms with Crippen molar-refractivity contribution in [2.24, 2.45) is 17.1 Å². The molecule has 3 fully saturated rings. The van der Waals surface area contributed by atoms with E-state index in [9.17, 15) is 5.11 Å². The van der Waals surface area contributed by atoms with Crippen molar-refractivity contribution < 1.29 is 24.1 Å². The minimum Gasteiger partial charge on any atom is -0.486 e. The van der Waals surface area contributed by atoms with Crippen LogP contribution >= 0.6 is 11.8 Å². The van der Waals surface area contributed by atoms with Crippen LogP contribution in [0.2, 0.25) is 0 Å². The maximum atomic E-state index is 10.2. The minimum absolute atomic E-state index is 0.0320. The molecule has 0 radical (unpaired) electrons. The molecule has 0 saturated carbocycles. The van der Waals surface area contributed by atoms with Crippen molar-refractivity contribution in [3.8, 4) is 5.75 Å². The second-order valence-corrected chi connectivity index (χ2v) is 12.2. The summed E-state index contributed by atoms with van der Waals surface area (Å²) >= 11 is 1.49. The second-order valence-electron chi connectivity index (χ2n) is 11.1. The van der Waals surface area contributed by atoms with Crippen molar-refractivity contribution in [1.82, 2.24) is 15.0 Å². The summed E-state index contributed by atoms with van der Waals surface area (Å²) < 4.78 is 22.7. The van der Waals surface area contributed by atoms with Gasteiger partial charge in [0.2, 0.25) is 0 Å². The van der Waals surface area contributed by atoms with Gasteiger partial charge >= 0.3 is 0 Å². The Morgan fingerprint density at radius 1 is 1.26 bits per heavy atom. The van der Waals surface area contributed by atoms with Crippen LogP contribution < -0.4 is 20.3 Å². The highest BCUT2D eigenvalue weighted by atomic mass is 32.2. The number of aliphatic hydroxyl groups excluding tert-OH is 1. The summed E-state index contributed by atoms with van der Waals surface area (Å²) in [5.41, 5.74) is 7.10. The van der Waals surface area contributed by atoms with Gasteiger partial charge in [0.1, 0.15) is 24.1 Å². The number of aliphatic hydroxyl groups is 1. The molecule has 4 aliphatic rings. The standard InChI is InChI=1S/C27H38N6O5S/c1-17-24(28)27(15-38-17)4-7-32(8-5-27)25-20(12-34)31-22(10-30-25)39-21-3-6-29-26-23(21)37-14-19-9-18(11-33(19)26)13-36-16-35-2/h3,6,10,17-19,24,34H,4-5,7-9,11-16,28H2,1-2H3/t17-,18-,19-,24+/m0/s1.